The van der Waals surface area contributed by atoms with Gasteiger partial charge in [0.15, 0.2) is 0 Å². The van der Waals surface area contributed by atoms with Gasteiger partial charge in [0.05, 0.1) is 0 Å². The molecule has 2 heterocycles. The minimum Gasteiger partial charge on any atom is -0.384 e. The number of anilines is 2. The summed E-state index contributed by atoms with van der Waals surface area (Å²) >= 11 is 0. The Labute approximate surface area is 88.2 Å². The molecule has 0 saturated heterocycles. The van der Waals surface area contributed by atoms with Crippen LogP contribution in [-0.2, 0) is 6.54 Å². The summed E-state index contributed by atoms with van der Waals surface area (Å²) in [6.07, 6.45) is 5.24. The van der Waals surface area contributed by atoms with Crippen LogP contribution in [0.3, 0.4) is 0 Å². The van der Waals surface area contributed by atoms with Gasteiger partial charge in [0.2, 0.25) is 0 Å². The molecule has 4 heteroatoms. The van der Waals surface area contributed by atoms with Crippen LogP contribution < -0.4 is 11.1 Å². The predicted molar refractivity (Wildman–Crippen MR) is 60.2 cm³/mol. The van der Waals surface area contributed by atoms with E-state index >= 15 is 0 Å². The molecule has 2 aromatic rings. The third-order valence-electron chi connectivity index (χ3n) is 2.03. The summed E-state index contributed by atoms with van der Waals surface area (Å²) in [5, 5.41) is 3.25. The average Bonchev–Trinajstić information content (AvgIpc) is 2.28. The summed E-state index contributed by atoms with van der Waals surface area (Å²) < 4.78 is 0. The molecule has 0 aliphatic heterocycles. The van der Waals surface area contributed by atoms with Crippen LogP contribution in [0.25, 0.3) is 0 Å². The molecule has 0 bridgehead atoms. The maximum absolute atomic E-state index is 5.57. The fourth-order valence-corrected chi connectivity index (χ4v) is 1.26. The molecule has 0 spiro atoms. The quantitative estimate of drug-likeness (QED) is 0.791. The fraction of sp³-hybridized carbons (Fsp3) is 0.0909. The van der Waals surface area contributed by atoms with Gasteiger partial charge in [-0.05, 0) is 23.8 Å². The lowest BCUT2D eigenvalue weighted by atomic mass is 10.2. The number of pyridine rings is 2. The largest absolute Gasteiger partial charge is 0.384 e. The van der Waals surface area contributed by atoms with Crippen molar-refractivity contribution in [2.45, 2.75) is 6.54 Å². The summed E-state index contributed by atoms with van der Waals surface area (Å²) in [6.45, 7) is 0.756. The van der Waals surface area contributed by atoms with Crippen LogP contribution in [0, 0.1) is 0 Å². The van der Waals surface area contributed by atoms with Gasteiger partial charge in [-0.2, -0.15) is 0 Å². The van der Waals surface area contributed by atoms with Crippen molar-refractivity contribution in [3.63, 3.8) is 0 Å². The normalized spacial score (nSPS) is 9.87. The van der Waals surface area contributed by atoms with Crippen molar-refractivity contribution < 1.29 is 0 Å². The van der Waals surface area contributed by atoms with E-state index in [4.69, 9.17) is 5.73 Å². The Balaban J connectivity index is 1.99. The summed E-state index contributed by atoms with van der Waals surface area (Å²) in [5.74, 6) is 0.523. The third kappa shape index (κ3) is 2.67. The van der Waals surface area contributed by atoms with E-state index in [9.17, 15) is 0 Å². The SMILES string of the molecule is Nc1cc(NCc2ccncc2)ccn1. The standard InChI is InChI=1S/C11H12N4/c12-11-7-10(3-6-14-11)15-8-9-1-4-13-5-2-9/h1-7H,8H2,(H3,12,14,15). The monoisotopic (exact) mass is 200 g/mol. The molecular weight excluding hydrogens is 188 g/mol. The number of nitrogens with one attached hydrogen (secondary N) is 1. The van der Waals surface area contributed by atoms with Crippen molar-refractivity contribution in [1.82, 2.24) is 9.97 Å². The van der Waals surface area contributed by atoms with Crippen LogP contribution in [0.15, 0.2) is 42.9 Å². The molecule has 0 unspecified atom stereocenters. The predicted octanol–water partition coefficient (Wildman–Crippen LogP) is 1.67. The van der Waals surface area contributed by atoms with Crippen molar-refractivity contribution in [2.75, 3.05) is 11.1 Å². The van der Waals surface area contributed by atoms with Crippen LogP contribution in [0.5, 0.6) is 0 Å². The Morgan fingerprint density at radius 3 is 2.67 bits per heavy atom. The lowest BCUT2D eigenvalue weighted by Gasteiger charge is -2.06. The molecule has 0 fully saturated rings. The first-order chi connectivity index (χ1) is 7.34. The van der Waals surface area contributed by atoms with Gasteiger partial charge in [-0.1, -0.05) is 0 Å². The van der Waals surface area contributed by atoms with E-state index in [-0.39, 0.29) is 0 Å². The van der Waals surface area contributed by atoms with E-state index in [2.05, 4.69) is 15.3 Å². The Morgan fingerprint density at radius 2 is 1.93 bits per heavy atom. The molecule has 0 amide bonds. The van der Waals surface area contributed by atoms with Gasteiger partial charge in [0.1, 0.15) is 5.82 Å². The van der Waals surface area contributed by atoms with Crippen molar-refractivity contribution in [3.8, 4) is 0 Å². The lowest BCUT2D eigenvalue weighted by Crippen LogP contribution is -2.00. The smallest absolute Gasteiger partial charge is 0.125 e. The van der Waals surface area contributed by atoms with Gasteiger partial charge >= 0.3 is 0 Å². The Hall–Kier alpha value is -2.10. The first-order valence-corrected chi connectivity index (χ1v) is 4.69. The molecule has 4 nitrogen and oxygen atoms in total. The molecule has 15 heavy (non-hydrogen) atoms. The zero-order chi connectivity index (χ0) is 10.5. The molecule has 76 valence electrons. The van der Waals surface area contributed by atoms with E-state index < -0.39 is 0 Å². The third-order valence-corrected chi connectivity index (χ3v) is 2.03. The van der Waals surface area contributed by atoms with Gasteiger partial charge in [-0.3, -0.25) is 4.98 Å². The summed E-state index contributed by atoms with van der Waals surface area (Å²) in [5.41, 5.74) is 7.72. The topological polar surface area (TPSA) is 63.8 Å². The van der Waals surface area contributed by atoms with E-state index in [1.807, 2.05) is 18.2 Å². The van der Waals surface area contributed by atoms with Crippen molar-refractivity contribution >= 4 is 11.5 Å². The number of aromatic nitrogens is 2. The molecule has 2 aromatic heterocycles. The van der Waals surface area contributed by atoms with Crippen LogP contribution >= 0.6 is 0 Å². The molecule has 3 N–H and O–H groups in total. The van der Waals surface area contributed by atoms with Crippen LogP contribution in [0.2, 0.25) is 0 Å². The lowest BCUT2D eigenvalue weighted by molar-refractivity contribution is 1.12. The van der Waals surface area contributed by atoms with Crippen LogP contribution in [0.4, 0.5) is 11.5 Å². The highest BCUT2D eigenvalue weighted by molar-refractivity contribution is 5.49. The Kier molecular flexibility index (Phi) is 2.78. The van der Waals surface area contributed by atoms with Crippen LogP contribution in [-0.4, -0.2) is 9.97 Å². The number of nitrogen functional groups attached to an aromatic ring is 1. The number of hydrogen-bond donors (Lipinski definition) is 2. The van der Waals surface area contributed by atoms with Crippen LogP contribution in [0.1, 0.15) is 5.56 Å². The maximum atomic E-state index is 5.57. The van der Waals surface area contributed by atoms with Gasteiger partial charge in [0.25, 0.3) is 0 Å². The minimum atomic E-state index is 0.523. The fourth-order valence-electron chi connectivity index (χ4n) is 1.26. The molecule has 2 rings (SSSR count). The molecule has 0 aliphatic carbocycles. The number of nitrogens with two attached hydrogens (primary N) is 1. The zero-order valence-electron chi connectivity index (χ0n) is 8.22. The highest BCUT2D eigenvalue weighted by atomic mass is 14.9. The number of nitrogens with zero attached hydrogens (tertiary/aromatic N) is 2. The Bertz CT molecular complexity index is 428. The summed E-state index contributed by atoms with van der Waals surface area (Å²) in [7, 11) is 0. The van der Waals surface area contributed by atoms with Crippen molar-refractivity contribution in [3.05, 3.63) is 48.4 Å². The highest BCUT2D eigenvalue weighted by Crippen LogP contribution is 2.10. The molecule has 0 aromatic carbocycles. The second-order valence-corrected chi connectivity index (χ2v) is 3.18. The summed E-state index contributed by atoms with van der Waals surface area (Å²) in [4.78, 5) is 7.88. The second kappa shape index (κ2) is 4.41. The maximum Gasteiger partial charge on any atom is 0.125 e. The molecule has 0 radical (unpaired) electrons. The van der Waals surface area contributed by atoms with Gasteiger partial charge in [0, 0.05) is 36.9 Å². The number of hydrogen-bond acceptors (Lipinski definition) is 4. The first-order valence-electron chi connectivity index (χ1n) is 4.69. The van der Waals surface area contributed by atoms with E-state index in [0.717, 1.165) is 12.2 Å². The van der Waals surface area contributed by atoms with Crippen molar-refractivity contribution in [1.29, 1.82) is 0 Å². The summed E-state index contributed by atoms with van der Waals surface area (Å²) in [6, 6.07) is 7.63. The van der Waals surface area contributed by atoms with Gasteiger partial charge < -0.3 is 11.1 Å². The molecule has 0 aliphatic rings. The molecule has 0 atom stereocenters. The first kappa shape index (κ1) is 9.45. The average molecular weight is 200 g/mol. The number of rotatable bonds is 3. The highest BCUT2D eigenvalue weighted by Gasteiger charge is 1.94. The van der Waals surface area contributed by atoms with E-state index in [1.54, 1.807) is 24.7 Å². The van der Waals surface area contributed by atoms with Crippen molar-refractivity contribution in [2.24, 2.45) is 0 Å². The Morgan fingerprint density at radius 1 is 1.13 bits per heavy atom. The molecular formula is C11H12N4. The van der Waals surface area contributed by atoms with E-state index in [1.165, 1.54) is 5.56 Å². The van der Waals surface area contributed by atoms with E-state index in [0.29, 0.717) is 5.82 Å². The second-order valence-electron chi connectivity index (χ2n) is 3.18. The zero-order valence-corrected chi connectivity index (χ0v) is 8.22. The van der Waals surface area contributed by atoms with Gasteiger partial charge in [-0.25, -0.2) is 4.98 Å². The van der Waals surface area contributed by atoms with Gasteiger partial charge in [-0.15, -0.1) is 0 Å². The molecule has 0 saturated carbocycles. The minimum absolute atomic E-state index is 0.523.